The van der Waals surface area contributed by atoms with E-state index in [-0.39, 0.29) is 0 Å². The average molecular weight is 348 g/mol. The summed E-state index contributed by atoms with van der Waals surface area (Å²) in [6.07, 6.45) is -0.675. The minimum atomic E-state index is -0.675. The maximum atomic E-state index is 10.5. The fraction of sp³-hybridized carbons (Fsp3) is 0.0588. The van der Waals surface area contributed by atoms with Crippen molar-refractivity contribution in [2.24, 2.45) is 0 Å². The minimum absolute atomic E-state index is 0.645. The zero-order valence-electron chi connectivity index (χ0n) is 10.6. The second-order valence-corrected chi connectivity index (χ2v) is 5.97. The van der Waals surface area contributed by atoms with E-state index in [0.717, 1.165) is 21.0 Å². The van der Waals surface area contributed by atoms with Crippen LogP contribution >= 0.6 is 27.5 Å². The Morgan fingerprint density at radius 3 is 2.40 bits per heavy atom. The van der Waals surface area contributed by atoms with Crippen molar-refractivity contribution in [2.45, 2.75) is 6.10 Å². The molecule has 0 amide bonds. The van der Waals surface area contributed by atoms with E-state index in [2.05, 4.69) is 22.0 Å². The van der Waals surface area contributed by atoms with Crippen molar-refractivity contribution in [3.63, 3.8) is 0 Å². The van der Waals surface area contributed by atoms with Gasteiger partial charge in [-0.1, -0.05) is 70.0 Å². The van der Waals surface area contributed by atoms with Crippen LogP contribution in [0.25, 0.3) is 10.8 Å². The highest BCUT2D eigenvalue weighted by Crippen LogP contribution is 2.31. The third-order valence-electron chi connectivity index (χ3n) is 3.35. The third kappa shape index (κ3) is 2.59. The Hall–Kier alpha value is -1.35. The molecule has 0 radical (unpaired) electrons. The van der Waals surface area contributed by atoms with E-state index in [9.17, 15) is 5.11 Å². The Labute approximate surface area is 131 Å². The molecule has 0 saturated heterocycles. The molecule has 3 aromatic carbocycles. The summed E-state index contributed by atoms with van der Waals surface area (Å²) in [4.78, 5) is 0. The van der Waals surface area contributed by atoms with Gasteiger partial charge < -0.3 is 5.11 Å². The predicted molar refractivity (Wildman–Crippen MR) is 87.2 cm³/mol. The van der Waals surface area contributed by atoms with Gasteiger partial charge in [0.1, 0.15) is 6.10 Å². The number of aliphatic hydroxyl groups excluding tert-OH is 1. The first kappa shape index (κ1) is 13.6. The van der Waals surface area contributed by atoms with Crippen molar-refractivity contribution >= 4 is 38.3 Å². The molecule has 1 atom stereocenters. The average Bonchev–Trinajstić information content (AvgIpc) is 2.46. The summed E-state index contributed by atoms with van der Waals surface area (Å²) in [5, 5.41) is 13.5. The van der Waals surface area contributed by atoms with E-state index < -0.39 is 6.10 Å². The van der Waals surface area contributed by atoms with Crippen LogP contribution in [0.15, 0.2) is 65.1 Å². The smallest absolute Gasteiger partial charge is 0.105 e. The molecular formula is C17H12BrClO. The van der Waals surface area contributed by atoms with Gasteiger partial charge in [-0.05, 0) is 40.1 Å². The lowest BCUT2D eigenvalue weighted by atomic mass is 9.99. The molecule has 1 N–H and O–H groups in total. The van der Waals surface area contributed by atoms with Gasteiger partial charge in [0, 0.05) is 9.50 Å². The second kappa shape index (κ2) is 5.57. The second-order valence-electron chi connectivity index (χ2n) is 4.67. The van der Waals surface area contributed by atoms with E-state index in [1.165, 1.54) is 5.39 Å². The van der Waals surface area contributed by atoms with E-state index >= 15 is 0 Å². The van der Waals surface area contributed by atoms with Crippen LogP contribution in [-0.4, -0.2) is 5.11 Å². The topological polar surface area (TPSA) is 20.2 Å². The van der Waals surface area contributed by atoms with Crippen LogP contribution in [0.5, 0.6) is 0 Å². The molecule has 3 rings (SSSR count). The summed E-state index contributed by atoms with van der Waals surface area (Å²) >= 11 is 9.38. The number of aliphatic hydroxyl groups is 1. The highest BCUT2D eigenvalue weighted by atomic mass is 79.9. The first-order chi connectivity index (χ1) is 9.65. The normalized spacial score (nSPS) is 12.6. The Morgan fingerprint density at radius 1 is 0.900 bits per heavy atom. The number of benzene rings is 3. The first-order valence-corrected chi connectivity index (χ1v) is 7.44. The fourth-order valence-corrected chi connectivity index (χ4v) is 3.18. The molecular weight excluding hydrogens is 336 g/mol. The first-order valence-electron chi connectivity index (χ1n) is 6.27. The van der Waals surface area contributed by atoms with Crippen LogP contribution < -0.4 is 0 Å². The van der Waals surface area contributed by atoms with Crippen molar-refractivity contribution < 1.29 is 5.11 Å². The molecule has 0 heterocycles. The molecule has 0 aliphatic heterocycles. The molecule has 0 aliphatic carbocycles. The van der Waals surface area contributed by atoms with E-state index in [0.29, 0.717) is 5.02 Å². The lowest BCUT2D eigenvalue weighted by Gasteiger charge is -2.14. The van der Waals surface area contributed by atoms with Crippen molar-refractivity contribution in [2.75, 3.05) is 0 Å². The van der Waals surface area contributed by atoms with Gasteiger partial charge in [0.05, 0.1) is 0 Å². The fourth-order valence-electron chi connectivity index (χ4n) is 2.28. The Balaban J connectivity index is 2.05. The van der Waals surface area contributed by atoms with Crippen LogP contribution in [-0.2, 0) is 0 Å². The summed E-state index contributed by atoms with van der Waals surface area (Å²) in [6, 6.07) is 19.5. The van der Waals surface area contributed by atoms with Crippen LogP contribution in [0, 0.1) is 0 Å². The molecule has 0 bridgehead atoms. The Bertz CT molecular complexity index is 770. The van der Waals surface area contributed by atoms with Crippen molar-refractivity contribution in [1.82, 2.24) is 0 Å². The molecule has 0 aliphatic rings. The molecule has 0 spiro atoms. The largest absolute Gasteiger partial charge is 0.384 e. The third-order valence-corrected chi connectivity index (χ3v) is 4.27. The molecule has 1 nitrogen and oxygen atoms in total. The molecule has 100 valence electrons. The summed E-state index contributed by atoms with van der Waals surface area (Å²) < 4.78 is 0.811. The van der Waals surface area contributed by atoms with Crippen LogP contribution in [0.4, 0.5) is 0 Å². The summed E-state index contributed by atoms with van der Waals surface area (Å²) in [5.41, 5.74) is 1.68. The van der Waals surface area contributed by atoms with Gasteiger partial charge in [0.25, 0.3) is 0 Å². The lowest BCUT2D eigenvalue weighted by Crippen LogP contribution is -2.00. The molecule has 1 unspecified atom stereocenters. The van der Waals surface area contributed by atoms with Gasteiger partial charge >= 0.3 is 0 Å². The van der Waals surface area contributed by atoms with Crippen molar-refractivity contribution in [3.8, 4) is 0 Å². The van der Waals surface area contributed by atoms with Gasteiger partial charge in [-0.25, -0.2) is 0 Å². The highest BCUT2D eigenvalue weighted by Gasteiger charge is 2.14. The van der Waals surface area contributed by atoms with Gasteiger partial charge in [-0.3, -0.25) is 0 Å². The maximum Gasteiger partial charge on any atom is 0.105 e. The highest BCUT2D eigenvalue weighted by molar-refractivity contribution is 9.10. The van der Waals surface area contributed by atoms with E-state index in [1.807, 2.05) is 42.5 Å². The zero-order valence-corrected chi connectivity index (χ0v) is 12.9. The number of hydrogen-bond donors (Lipinski definition) is 1. The van der Waals surface area contributed by atoms with Crippen molar-refractivity contribution in [3.05, 3.63) is 81.3 Å². The quantitative estimate of drug-likeness (QED) is 0.663. The molecule has 20 heavy (non-hydrogen) atoms. The van der Waals surface area contributed by atoms with Gasteiger partial charge in [0.2, 0.25) is 0 Å². The lowest BCUT2D eigenvalue weighted by molar-refractivity contribution is 0.219. The number of fused-ring (bicyclic) bond motifs is 1. The van der Waals surface area contributed by atoms with Crippen molar-refractivity contribution in [1.29, 1.82) is 0 Å². The monoisotopic (exact) mass is 346 g/mol. The minimum Gasteiger partial charge on any atom is -0.384 e. The van der Waals surface area contributed by atoms with E-state index in [4.69, 9.17) is 11.6 Å². The summed E-state index contributed by atoms with van der Waals surface area (Å²) in [7, 11) is 0. The Kier molecular flexibility index (Phi) is 3.79. The summed E-state index contributed by atoms with van der Waals surface area (Å²) in [5.74, 6) is 0. The van der Waals surface area contributed by atoms with Crippen LogP contribution in [0.1, 0.15) is 17.2 Å². The Morgan fingerprint density at radius 2 is 1.65 bits per heavy atom. The molecule has 0 aromatic heterocycles. The van der Waals surface area contributed by atoms with Gasteiger partial charge in [-0.15, -0.1) is 0 Å². The molecule has 0 saturated carbocycles. The predicted octanol–water partition coefficient (Wildman–Crippen LogP) is 5.34. The molecule has 0 fully saturated rings. The number of rotatable bonds is 2. The maximum absolute atomic E-state index is 10.5. The standard InChI is InChI=1S/C17H12BrClO/c18-16-10-14(19)7-8-15(16)17(20)13-6-5-11-3-1-2-4-12(11)9-13/h1-10,17,20H. The van der Waals surface area contributed by atoms with Gasteiger partial charge in [0.15, 0.2) is 0 Å². The summed E-state index contributed by atoms with van der Waals surface area (Å²) in [6.45, 7) is 0. The van der Waals surface area contributed by atoms with Crippen LogP contribution in [0.2, 0.25) is 5.02 Å². The molecule has 3 aromatic rings. The molecule has 3 heteroatoms. The van der Waals surface area contributed by atoms with E-state index in [1.54, 1.807) is 12.1 Å². The number of halogens is 2. The zero-order chi connectivity index (χ0) is 14.1. The SMILES string of the molecule is OC(c1ccc2ccccc2c1)c1ccc(Cl)cc1Br. The van der Waals surface area contributed by atoms with Crippen LogP contribution in [0.3, 0.4) is 0 Å². The van der Waals surface area contributed by atoms with Gasteiger partial charge in [-0.2, -0.15) is 0 Å². The number of hydrogen-bond acceptors (Lipinski definition) is 1.